The summed E-state index contributed by atoms with van der Waals surface area (Å²) in [6.45, 7) is 2.09. The molecule has 0 aromatic carbocycles. The number of halogens is 2. The average Bonchev–Trinajstić information content (AvgIpc) is 2.78. The van der Waals surface area contributed by atoms with Crippen LogP contribution in [-0.4, -0.2) is 48.4 Å². The fourth-order valence-electron chi connectivity index (χ4n) is 1.90. The Morgan fingerprint density at radius 1 is 1.50 bits per heavy atom. The van der Waals surface area contributed by atoms with Crippen LogP contribution < -0.4 is 0 Å². The summed E-state index contributed by atoms with van der Waals surface area (Å²) in [4.78, 5) is 14.6. The van der Waals surface area contributed by atoms with Gasteiger partial charge in [0.2, 0.25) is 0 Å². The topological polar surface area (TPSA) is 54.5 Å². The van der Waals surface area contributed by atoms with Gasteiger partial charge in [0.25, 0.3) is 5.91 Å². The highest BCUT2D eigenvalue weighted by Gasteiger charge is 2.36. The summed E-state index contributed by atoms with van der Waals surface area (Å²) in [5.41, 5.74) is 0. The molecule has 4 nitrogen and oxygen atoms in total. The van der Waals surface area contributed by atoms with Crippen molar-refractivity contribution in [1.29, 1.82) is 0 Å². The normalized spacial score (nSPS) is 20.1. The minimum Gasteiger partial charge on any atom is -0.319 e. The van der Waals surface area contributed by atoms with Crippen molar-refractivity contribution in [2.24, 2.45) is 0 Å². The van der Waals surface area contributed by atoms with Gasteiger partial charge in [-0.2, -0.15) is 11.8 Å². The summed E-state index contributed by atoms with van der Waals surface area (Å²) >= 11 is 9.60. The van der Waals surface area contributed by atoms with Crippen LogP contribution in [-0.2, 0) is 9.84 Å². The monoisotopic (exact) mass is 461 g/mol. The zero-order valence-corrected chi connectivity index (χ0v) is 16.3. The van der Waals surface area contributed by atoms with Gasteiger partial charge < -0.3 is 4.90 Å². The number of amides is 1. The number of hydrogen-bond donors (Lipinski definition) is 0. The third kappa shape index (κ3) is 3.43. The van der Waals surface area contributed by atoms with E-state index in [4.69, 9.17) is 0 Å². The molecule has 1 aliphatic heterocycles. The maximum atomic E-state index is 12.6. The molecule has 0 aliphatic carbocycles. The van der Waals surface area contributed by atoms with Crippen molar-refractivity contribution in [2.75, 3.05) is 23.8 Å². The molecule has 1 aromatic heterocycles. The molecular formula is C11H13Br2NO3S3. The number of hydrogen-bond acceptors (Lipinski definition) is 5. The number of carbonyl (C=O) groups is 1. The molecule has 20 heavy (non-hydrogen) atoms. The third-order valence-electron chi connectivity index (χ3n) is 3.02. The lowest BCUT2D eigenvalue weighted by molar-refractivity contribution is 0.0754. The first-order valence-corrected chi connectivity index (χ1v) is 11.2. The zero-order valence-electron chi connectivity index (χ0n) is 10.6. The molecule has 1 amide bonds. The van der Waals surface area contributed by atoms with E-state index in [2.05, 4.69) is 31.9 Å². The molecule has 1 unspecified atom stereocenters. The van der Waals surface area contributed by atoms with E-state index in [1.54, 1.807) is 24.8 Å². The van der Waals surface area contributed by atoms with E-state index in [0.29, 0.717) is 17.2 Å². The highest BCUT2D eigenvalue weighted by molar-refractivity contribution is 9.13. The van der Waals surface area contributed by atoms with E-state index in [1.807, 2.05) is 0 Å². The molecular weight excluding hydrogens is 450 g/mol. The summed E-state index contributed by atoms with van der Waals surface area (Å²) in [6.07, 6.45) is 0. The second-order valence-electron chi connectivity index (χ2n) is 4.21. The van der Waals surface area contributed by atoms with Crippen molar-refractivity contribution >= 4 is 70.7 Å². The Morgan fingerprint density at radius 3 is 2.75 bits per heavy atom. The van der Waals surface area contributed by atoms with Crippen LogP contribution in [0.25, 0.3) is 0 Å². The Balaban J connectivity index is 2.30. The Kier molecular flexibility index (Phi) is 5.61. The van der Waals surface area contributed by atoms with E-state index < -0.39 is 15.2 Å². The summed E-state index contributed by atoms with van der Waals surface area (Å²) < 4.78 is 25.9. The number of sulfone groups is 1. The Bertz CT molecular complexity index is 595. The first kappa shape index (κ1) is 16.8. The van der Waals surface area contributed by atoms with Gasteiger partial charge in [-0.25, -0.2) is 8.42 Å². The molecule has 2 heterocycles. The molecule has 1 aliphatic rings. The molecule has 0 saturated carbocycles. The predicted molar refractivity (Wildman–Crippen MR) is 91.3 cm³/mol. The minimum absolute atomic E-state index is 0.0554. The number of thioether (sulfide) groups is 1. The molecule has 0 spiro atoms. The van der Waals surface area contributed by atoms with Gasteiger partial charge in [-0.3, -0.25) is 4.79 Å². The van der Waals surface area contributed by atoms with E-state index in [0.717, 1.165) is 14.0 Å². The number of thiophene rings is 1. The lowest BCUT2D eigenvalue weighted by Crippen LogP contribution is -2.50. The smallest absolute Gasteiger partial charge is 0.265 e. The van der Waals surface area contributed by atoms with Crippen molar-refractivity contribution in [3.63, 3.8) is 0 Å². The molecule has 1 fully saturated rings. The summed E-state index contributed by atoms with van der Waals surface area (Å²) in [5, 5.41) is -0.710. The first-order valence-electron chi connectivity index (χ1n) is 5.92. The van der Waals surface area contributed by atoms with Gasteiger partial charge in [0.15, 0.2) is 9.84 Å². The van der Waals surface area contributed by atoms with Crippen LogP contribution in [0.3, 0.4) is 0 Å². The van der Waals surface area contributed by atoms with Gasteiger partial charge in [0, 0.05) is 28.3 Å². The van der Waals surface area contributed by atoms with Gasteiger partial charge in [0.1, 0.15) is 5.37 Å². The van der Waals surface area contributed by atoms with Crippen LogP contribution in [0, 0.1) is 0 Å². The molecule has 0 N–H and O–H groups in total. The molecule has 1 saturated heterocycles. The maximum absolute atomic E-state index is 12.6. The van der Waals surface area contributed by atoms with Crippen molar-refractivity contribution in [1.82, 2.24) is 4.90 Å². The molecule has 0 radical (unpaired) electrons. The van der Waals surface area contributed by atoms with Gasteiger partial charge in [0.05, 0.1) is 8.66 Å². The van der Waals surface area contributed by atoms with Gasteiger partial charge in [-0.05, 0) is 37.9 Å². The van der Waals surface area contributed by atoms with E-state index in [-0.39, 0.29) is 11.7 Å². The predicted octanol–water partition coefficient (Wildman–Crippen LogP) is 3.22. The van der Waals surface area contributed by atoms with Crippen molar-refractivity contribution in [2.45, 2.75) is 12.3 Å². The largest absolute Gasteiger partial charge is 0.319 e. The van der Waals surface area contributed by atoms with Crippen molar-refractivity contribution < 1.29 is 13.2 Å². The SMILES string of the molecule is CCS(=O)(=O)C1CSCCN1C(=O)c1cc(Br)c(Br)s1. The minimum atomic E-state index is -3.26. The quantitative estimate of drug-likeness (QED) is 0.691. The highest BCUT2D eigenvalue weighted by Crippen LogP contribution is 2.34. The van der Waals surface area contributed by atoms with E-state index >= 15 is 0 Å². The average molecular weight is 463 g/mol. The molecule has 1 aromatic rings. The van der Waals surface area contributed by atoms with Crippen LogP contribution in [0.2, 0.25) is 0 Å². The van der Waals surface area contributed by atoms with Crippen LogP contribution >= 0.6 is 55.0 Å². The molecule has 112 valence electrons. The number of rotatable bonds is 3. The summed E-state index contributed by atoms with van der Waals surface area (Å²) in [7, 11) is -3.26. The number of carbonyl (C=O) groups excluding carboxylic acids is 1. The Labute approximate surface area is 143 Å². The van der Waals surface area contributed by atoms with E-state index in [9.17, 15) is 13.2 Å². The van der Waals surface area contributed by atoms with Crippen LogP contribution in [0.15, 0.2) is 14.3 Å². The van der Waals surface area contributed by atoms with Crippen LogP contribution in [0.1, 0.15) is 16.6 Å². The Hall–Kier alpha value is 0.430. The highest BCUT2D eigenvalue weighted by atomic mass is 79.9. The number of nitrogens with zero attached hydrogens (tertiary/aromatic N) is 1. The molecule has 9 heteroatoms. The van der Waals surface area contributed by atoms with Crippen LogP contribution in [0.4, 0.5) is 0 Å². The van der Waals surface area contributed by atoms with Gasteiger partial charge in [-0.1, -0.05) is 6.92 Å². The summed E-state index contributed by atoms with van der Waals surface area (Å²) in [5.74, 6) is 1.08. The fourth-order valence-corrected chi connectivity index (χ4v) is 6.85. The van der Waals surface area contributed by atoms with Crippen LogP contribution in [0.5, 0.6) is 0 Å². The molecule has 2 rings (SSSR count). The lowest BCUT2D eigenvalue weighted by Gasteiger charge is -2.34. The fraction of sp³-hybridized carbons (Fsp3) is 0.545. The molecule has 0 bridgehead atoms. The standard InChI is InChI=1S/C11H13Br2NO3S3/c1-2-20(16,17)9-6-18-4-3-14(9)11(15)8-5-7(12)10(13)19-8/h5,9H,2-4,6H2,1H3. The maximum Gasteiger partial charge on any atom is 0.265 e. The van der Waals surface area contributed by atoms with Gasteiger partial charge >= 0.3 is 0 Å². The van der Waals surface area contributed by atoms with Crippen molar-refractivity contribution in [3.05, 3.63) is 19.2 Å². The second-order valence-corrected chi connectivity index (χ2v) is 11.0. The Morgan fingerprint density at radius 2 is 2.20 bits per heavy atom. The third-order valence-corrected chi connectivity index (χ3v) is 9.55. The summed E-state index contributed by atoms with van der Waals surface area (Å²) in [6, 6.07) is 1.73. The second kappa shape index (κ2) is 6.68. The van der Waals surface area contributed by atoms with Crippen molar-refractivity contribution in [3.8, 4) is 0 Å². The molecule has 1 atom stereocenters. The lowest BCUT2D eigenvalue weighted by atomic mass is 10.4. The van der Waals surface area contributed by atoms with E-state index in [1.165, 1.54) is 16.2 Å². The first-order chi connectivity index (χ1) is 9.36. The zero-order chi connectivity index (χ0) is 14.9. The van der Waals surface area contributed by atoms with Gasteiger partial charge in [-0.15, -0.1) is 11.3 Å².